The first kappa shape index (κ1) is 14.9. The van der Waals surface area contributed by atoms with E-state index in [1.807, 2.05) is 24.3 Å². The highest BCUT2D eigenvalue weighted by Crippen LogP contribution is 2.08. The van der Waals surface area contributed by atoms with Crippen molar-refractivity contribution < 1.29 is 14.7 Å². The van der Waals surface area contributed by atoms with Crippen LogP contribution in [0.15, 0.2) is 34.3 Å². The van der Waals surface area contributed by atoms with Crippen molar-refractivity contribution in [2.75, 3.05) is 6.54 Å². The summed E-state index contributed by atoms with van der Waals surface area (Å²) in [6.07, 6.45) is 2.18. The molecule has 1 aliphatic rings. The van der Waals surface area contributed by atoms with Crippen LogP contribution in [0.25, 0.3) is 0 Å². The molecule has 1 aliphatic heterocycles. The largest absolute Gasteiger partial charge is 0.480 e. The van der Waals surface area contributed by atoms with Gasteiger partial charge < -0.3 is 10.4 Å². The van der Waals surface area contributed by atoms with Gasteiger partial charge in [0.1, 0.15) is 0 Å². The van der Waals surface area contributed by atoms with E-state index in [4.69, 9.17) is 5.11 Å². The molecule has 6 heteroatoms. The van der Waals surface area contributed by atoms with Crippen LogP contribution >= 0.6 is 0 Å². The quantitative estimate of drug-likeness (QED) is 0.840. The molecule has 1 amide bonds. The Morgan fingerprint density at radius 2 is 1.95 bits per heavy atom. The fourth-order valence-electron chi connectivity index (χ4n) is 1.97. The number of amides is 1. The van der Waals surface area contributed by atoms with Crippen LogP contribution in [-0.2, 0) is 22.6 Å². The summed E-state index contributed by atoms with van der Waals surface area (Å²) in [5.74, 6) is -1.01. The van der Waals surface area contributed by atoms with Crippen molar-refractivity contribution in [1.29, 1.82) is 0 Å². The molecule has 110 valence electrons. The molecule has 1 aromatic carbocycles. The number of nitrogens with one attached hydrogen (secondary N) is 1. The number of aliphatic carboxylic acids is 1. The predicted octanol–water partition coefficient (Wildman–Crippen LogP) is 0.844. The number of aliphatic imine (C=N–C) groups is 2. The van der Waals surface area contributed by atoms with E-state index in [0.29, 0.717) is 18.7 Å². The number of hydrogen-bond donors (Lipinski definition) is 2. The molecule has 1 heterocycles. The monoisotopic (exact) mass is 287 g/mol. The van der Waals surface area contributed by atoms with Gasteiger partial charge in [0.15, 0.2) is 6.04 Å². The van der Waals surface area contributed by atoms with Crippen molar-refractivity contribution in [1.82, 2.24) is 5.32 Å². The van der Waals surface area contributed by atoms with Crippen LogP contribution in [0.4, 0.5) is 0 Å². The summed E-state index contributed by atoms with van der Waals surface area (Å²) in [7, 11) is 0. The van der Waals surface area contributed by atoms with Gasteiger partial charge in [-0.05, 0) is 11.1 Å². The smallest absolute Gasteiger partial charge is 0.330 e. The first-order chi connectivity index (χ1) is 10.0. The average Bonchev–Trinajstić information content (AvgIpc) is 2.47. The van der Waals surface area contributed by atoms with E-state index in [9.17, 15) is 9.59 Å². The molecule has 21 heavy (non-hydrogen) atoms. The Kier molecular flexibility index (Phi) is 4.81. The Morgan fingerprint density at radius 3 is 2.57 bits per heavy atom. The number of carboxylic acids is 1. The van der Waals surface area contributed by atoms with Gasteiger partial charge in [-0.25, -0.2) is 4.79 Å². The third kappa shape index (κ3) is 4.52. The normalized spacial score (nSPS) is 17.2. The minimum atomic E-state index is -0.949. The number of rotatable bonds is 5. The van der Waals surface area contributed by atoms with Gasteiger partial charge in [0.05, 0.1) is 12.3 Å². The molecule has 1 atom stereocenters. The van der Waals surface area contributed by atoms with E-state index in [2.05, 4.69) is 15.3 Å². The van der Waals surface area contributed by atoms with E-state index in [0.717, 1.165) is 11.1 Å². The van der Waals surface area contributed by atoms with Gasteiger partial charge >= 0.3 is 5.97 Å². The molecule has 0 fully saturated rings. The van der Waals surface area contributed by atoms with Crippen molar-refractivity contribution in [2.24, 2.45) is 9.98 Å². The standard InChI is InChI=1S/C15H17N3O3/c1-10(19)17-7-12-4-2-11(3-5-12)6-13-8-16-9-14(18-13)15(20)21/h2-5,8,14H,6-7,9H2,1H3,(H,17,19)(H,20,21). The molecule has 6 nitrogen and oxygen atoms in total. The van der Waals surface area contributed by atoms with Crippen molar-refractivity contribution in [3.8, 4) is 0 Å². The predicted molar refractivity (Wildman–Crippen MR) is 79.9 cm³/mol. The van der Waals surface area contributed by atoms with Gasteiger partial charge in [0.2, 0.25) is 5.91 Å². The molecule has 0 aromatic heterocycles. The maximum atomic E-state index is 10.9. The SMILES string of the molecule is CC(=O)NCc1ccc(CC2=NC(C(=O)O)CN=C2)cc1. The first-order valence-corrected chi connectivity index (χ1v) is 6.66. The molecule has 0 spiro atoms. The second-order valence-electron chi connectivity index (χ2n) is 4.87. The van der Waals surface area contributed by atoms with Crippen LogP contribution in [0, 0.1) is 0 Å². The molecule has 0 aliphatic carbocycles. The second kappa shape index (κ2) is 6.78. The third-order valence-electron chi connectivity index (χ3n) is 3.08. The van der Waals surface area contributed by atoms with Gasteiger partial charge in [-0.2, -0.15) is 0 Å². The molecule has 1 unspecified atom stereocenters. The fourth-order valence-corrected chi connectivity index (χ4v) is 1.97. The summed E-state index contributed by atoms with van der Waals surface area (Å²) >= 11 is 0. The molecule has 0 radical (unpaired) electrons. The minimum absolute atomic E-state index is 0.0634. The number of carboxylic acid groups (broad SMARTS) is 1. The van der Waals surface area contributed by atoms with Crippen molar-refractivity contribution in [2.45, 2.75) is 25.9 Å². The number of benzene rings is 1. The second-order valence-corrected chi connectivity index (χ2v) is 4.87. The Balaban J connectivity index is 1.98. The highest BCUT2D eigenvalue weighted by molar-refractivity contribution is 6.32. The highest BCUT2D eigenvalue weighted by Gasteiger charge is 2.18. The Labute approximate surface area is 122 Å². The lowest BCUT2D eigenvalue weighted by atomic mass is 10.1. The number of hydrogen-bond acceptors (Lipinski definition) is 4. The van der Waals surface area contributed by atoms with Crippen LogP contribution in [0.5, 0.6) is 0 Å². The topological polar surface area (TPSA) is 91.1 Å². The van der Waals surface area contributed by atoms with E-state index < -0.39 is 12.0 Å². The lowest BCUT2D eigenvalue weighted by molar-refractivity contribution is -0.138. The molecular weight excluding hydrogens is 270 g/mol. The maximum Gasteiger partial charge on any atom is 0.330 e. The summed E-state index contributed by atoms with van der Waals surface area (Å²) in [6, 6.07) is 6.97. The molecule has 0 saturated carbocycles. The van der Waals surface area contributed by atoms with Gasteiger partial charge in [0, 0.05) is 26.1 Å². The van der Waals surface area contributed by atoms with Gasteiger partial charge in [0.25, 0.3) is 0 Å². The maximum absolute atomic E-state index is 10.9. The fraction of sp³-hybridized carbons (Fsp3) is 0.333. The van der Waals surface area contributed by atoms with Crippen LogP contribution in [-0.4, -0.2) is 41.5 Å². The summed E-state index contributed by atoms with van der Waals surface area (Å²) < 4.78 is 0. The summed E-state index contributed by atoms with van der Waals surface area (Å²) in [5, 5.41) is 11.7. The molecule has 2 N–H and O–H groups in total. The minimum Gasteiger partial charge on any atom is -0.480 e. The van der Waals surface area contributed by atoms with Gasteiger partial charge in [-0.1, -0.05) is 24.3 Å². The number of nitrogens with zero attached hydrogens (tertiary/aromatic N) is 2. The van der Waals surface area contributed by atoms with Crippen molar-refractivity contribution in [3.05, 3.63) is 35.4 Å². The van der Waals surface area contributed by atoms with E-state index >= 15 is 0 Å². The zero-order valence-corrected chi connectivity index (χ0v) is 11.7. The van der Waals surface area contributed by atoms with Crippen molar-refractivity contribution >= 4 is 23.8 Å². The first-order valence-electron chi connectivity index (χ1n) is 6.66. The number of carbonyl (C=O) groups excluding carboxylic acids is 1. The summed E-state index contributed by atoms with van der Waals surface area (Å²) in [6.45, 7) is 2.18. The Hall–Kier alpha value is -2.50. The highest BCUT2D eigenvalue weighted by atomic mass is 16.4. The summed E-state index contributed by atoms with van der Waals surface area (Å²) in [4.78, 5) is 30.0. The lowest BCUT2D eigenvalue weighted by Gasteiger charge is -2.12. The Bertz CT molecular complexity index is 591. The van der Waals surface area contributed by atoms with Crippen LogP contribution in [0.2, 0.25) is 0 Å². The third-order valence-corrected chi connectivity index (χ3v) is 3.08. The number of carbonyl (C=O) groups is 2. The molecule has 2 rings (SSSR count). The van der Waals surface area contributed by atoms with E-state index in [1.54, 1.807) is 6.21 Å². The van der Waals surface area contributed by atoms with Crippen LogP contribution < -0.4 is 5.32 Å². The lowest BCUT2D eigenvalue weighted by Crippen LogP contribution is -2.27. The zero-order chi connectivity index (χ0) is 15.2. The van der Waals surface area contributed by atoms with Crippen LogP contribution in [0.3, 0.4) is 0 Å². The molecule has 0 bridgehead atoms. The molecular formula is C15H17N3O3. The average molecular weight is 287 g/mol. The van der Waals surface area contributed by atoms with Gasteiger partial charge in [-0.15, -0.1) is 0 Å². The van der Waals surface area contributed by atoms with E-state index in [1.165, 1.54) is 6.92 Å². The Morgan fingerprint density at radius 1 is 1.29 bits per heavy atom. The van der Waals surface area contributed by atoms with Crippen LogP contribution in [0.1, 0.15) is 18.1 Å². The van der Waals surface area contributed by atoms with Crippen molar-refractivity contribution in [3.63, 3.8) is 0 Å². The van der Waals surface area contributed by atoms with E-state index in [-0.39, 0.29) is 12.5 Å². The zero-order valence-electron chi connectivity index (χ0n) is 11.7. The summed E-state index contributed by atoms with van der Waals surface area (Å²) in [5.41, 5.74) is 2.71. The molecule has 0 saturated heterocycles. The van der Waals surface area contributed by atoms with Gasteiger partial charge in [-0.3, -0.25) is 14.8 Å². The molecule has 1 aromatic rings.